The second-order valence-electron chi connectivity index (χ2n) is 3.58. The van der Waals surface area contributed by atoms with E-state index in [9.17, 15) is 0 Å². The molecule has 0 spiro atoms. The fourth-order valence-corrected chi connectivity index (χ4v) is 1.71. The van der Waals surface area contributed by atoms with Crippen LogP contribution in [0.1, 0.15) is 26.7 Å². The molecule has 64 valence electrons. The third kappa shape index (κ3) is 3.06. The van der Waals surface area contributed by atoms with Crippen LogP contribution >= 0.6 is 0 Å². The SMILES string of the molecule is C/C=C/CN1CCCC(C)C1. The molecule has 1 atom stereocenters. The first-order chi connectivity index (χ1) is 5.33. The first-order valence-corrected chi connectivity index (χ1v) is 4.66. The molecule has 0 aromatic carbocycles. The third-order valence-electron chi connectivity index (χ3n) is 2.34. The van der Waals surface area contributed by atoms with Crippen molar-refractivity contribution in [1.29, 1.82) is 0 Å². The van der Waals surface area contributed by atoms with Crippen LogP contribution in [0.4, 0.5) is 0 Å². The van der Waals surface area contributed by atoms with Gasteiger partial charge < -0.3 is 0 Å². The summed E-state index contributed by atoms with van der Waals surface area (Å²) in [6, 6.07) is 0. The summed E-state index contributed by atoms with van der Waals surface area (Å²) < 4.78 is 0. The van der Waals surface area contributed by atoms with Crippen LogP contribution in [-0.2, 0) is 0 Å². The van der Waals surface area contributed by atoms with Crippen molar-refractivity contribution in [2.24, 2.45) is 5.92 Å². The first kappa shape index (κ1) is 8.79. The largest absolute Gasteiger partial charge is 0.299 e. The summed E-state index contributed by atoms with van der Waals surface area (Å²) in [6.07, 6.45) is 7.20. The highest BCUT2D eigenvalue weighted by atomic mass is 15.1. The number of hydrogen-bond donors (Lipinski definition) is 0. The Morgan fingerprint density at radius 3 is 3.00 bits per heavy atom. The van der Waals surface area contributed by atoms with Gasteiger partial charge in [-0.05, 0) is 32.2 Å². The molecular formula is C10H19N. The molecule has 1 nitrogen and oxygen atoms in total. The highest BCUT2D eigenvalue weighted by Gasteiger charge is 2.13. The molecule has 1 heterocycles. The van der Waals surface area contributed by atoms with Crippen LogP contribution in [-0.4, -0.2) is 24.5 Å². The van der Waals surface area contributed by atoms with E-state index >= 15 is 0 Å². The van der Waals surface area contributed by atoms with Crippen molar-refractivity contribution in [1.82, 2.24) is 4.90 Å². The standard InChI is InChI=1S/C10H19N/c1-3-4-7-11-8-5-6-10(2)9-11/h3-4,10H,5-9H2,1-2H3/b4-3+. The van der Waals surface area contributed by atoms with Crippen LogP contribution in [0.3, 0.4) is 0 Å². The molecular weight excluding hydrogens is 134 g/mol. The van der Waals surface area contributed by atoms with Crippen LogP contribution in [0.2, 0.25) is 0 Å². The van der Waals surface area contributed by atoms with Crippen LogP contribution in [0.5, 0.6) is 0 Å². The van der Waals surface area contributed by atoms with Crippen molar-refractivity contribution in [3.63, 3.8) is 0 Å². The zero-order valence-corrected chi connectivity index (χ0v) is 7.71. The minimum Gasteiger partial charge on any atom is -0.299 e. The average Bonchev–Trinajstić information content (AvgIpc) is 2.01. The third-order valence-corrected chi connectivity index (χ3v) is 2.34. The Hall–Kier alpha value is -0.300. The van der Waals surface area contributed by atoms with E-state index in [4.69, 9.17) is 0 Å². The number of likely N-dealkylation sites (tertiary alicyclic amines) is 1. The number of nitrogens with zero attached hydrogens (tertiary/aromatic N) is 1. The Labute approximate surface area is 70.1 Å². The van der Waals surface area contributed by atoms with E-state index < -0.39 is 0 Å². The summed E-state index contributed by atoms with van der Waals surface area (Å²) in [7, 11) is 0. The Morgan fingerprint density at radius 1 is 1.55 bits per heavy atom. The van der Waals surface area contributed by atoms with Gasteiger partial charge in [-0.15, -0.1) is 0 Å². The molecule has 0 N–H and O–H groups in total. The number of allylic oxidation sites excluding steroid dienone is 1. The van der Waals surface area contributed by atoms with Crippen LogP contribution in [0, 0.1) is 5.92 Å². The van der Waals surface area contributed by atoms with Gasteiger partial charge in [0.25, 0.3) is 0 Å². The lowest BCUT2D eigenvalue weighted by Crippen LogP contribution is -2.34. The lowest BCUT2D eigenvalue weighted by Gasteiger charge is -2.29. The molecule has 1 heteroatoms. The van der Waals surface area contributed by atoms with Gasteiger partial charge in [-0.25, -0.2) is 0 Å². The quantitative estimate of drug-likeness (QED) is 0.550. The highest BCUT2D eigenvalue weighted by molar-refractivity contribution is 4.83. The molecule has 1 fully saturated rings. The van der Waals surface area contributed by atoms with Gasteiger partial charge in [0.05, 0.1) is 0 Å². The summed E-state index contributed by atoms with van der Waals surface area (Å²) in [6.45, 7) is 8.19. The molecule has 0 aromatic heterocycles. The summed E-state index contributed by atoms with van der Waals surface area (Å²) >= 11 is 0. The van der Waals surface area contributed by atoms with Crippen LogP contribution in [0.25, 0.3) is 0 Å². The van der Waals surface area contributed by atoms with E-state index in [1.54, 1.807) is 0 Å². The fourth-order valence-electron chi connectivity index (χ4n) is 1.71. The maximum absolute atomic E-state index is 2.54. The number of piperidine rings is 1. The second kappa shape index (κ2) is 4.55. The fraction of sp³-hybridized carbons (Fsp3) is 0.800. The lowest BCUT2D eigenvalue weighted by molar-refractivity contribution is 0.201. The van der Waals surface area contributed by atoms with Crippen molar-refractivity contribution in [2.45, 2.75) is 26.7 Å². The van der Waals surface area contributed by atoms with Gasteiger partial charge in [-0.2, -0.15) is 0 Å². The molecule has 0 aliphatic carbocycles. The van der Waals surface area contributed by atoms with E-state index in [0.29, 0.717) is 0 Å². The first-order valence-electron chi connectivity index (χ1n) is 4.66. The topological polar surface area (TPSA) is 3.24 Å². The molecule has 1 aliphatic heterocycles. The maximum atomic E-state index is 2.54. The molecule has 1 aliphatic rings. The predicted molar refractivity (Wildman–Crippen MR) is 49.7 cm³/mol. The minimum absolute atomic E-state index is 0.911. The molecule has 1 unspecified atom stereocenters. The lowest BCUT2D eigenvalue weighted by atomic mass is 10.0. The zero-order chi connectivity index (χ0) is 8.10. The number of rotatable bonds is 2. The highest BCUT2D eigenvalue weighted by Crippen LogP contribution is 2.14. The molecule has 1 saturated heterocycles. The molecule has 11 heavy (non-hydrogen) atoms. The molecule has 0 bridgehead atoms. The monoisotopic (exact) mass is 153 g/mol. The van der Waals surface area contributed by atoms with Gasteiger partial charge in [-0.3, -0.25) is 4.90 Å². The van der Waals surface area contributed by atoms with Crippen molar-refractivity contribution >= 4 is 0 Å². The second-order valence-corrected chi connectivity index (χ2v) is 3.58. The van der Waals surface area contributed by atoms with Crippen molar-refractivity contribution in [2.75, 3.05) is 19.6 Å². The van der Waals surface area contributed by atoms with Crippen molar-refractivity contribution < 1.29 is 0 Å². The Kier molecular flexibility index (Phi) is 3.64. The maximum Gasteiger partial charge on any atom is 0.0163 e. The molecule has 0 saturated carbocycles. The van der Waals surface area contributed by atoms with E-state index in [-0.39, 0.29) is 0 Å². The smallest absolute Gasteiger partial charge is 0.0163 e. The summed E-state index contributed by atoms with van der Waals surface area (Å²) in [5, 5.41) is 0. The van der Waals surface area contributed by atoms with E-state index in [1.807, 2.05) is 0 Å². The minimum atomic E-state index is 0.911. The van der Waals surface area contributed by atoms with Crippen LogP contribution in [0.15, 0.2) is 12.2 Å². The van der Waals surface area contributed by atoms with E-state index in [1.165, 1.54) is 25.9 Å². The summed E-state index contributed by atoms with van der Waals surface area (Å²) in [5.41, 5.74) is 0. The van der Waals surface area contributed by atoms with Gasteiger partial charge in [0, 0.05) is 13.1 Å². The van der Waals surface area contributed by atoms with Gasteiger partial charge >= 0.3 is 0 Å². The predicted octanol–water partition coefficient (Wildman–Crippen LogP) is 2.29. The van der Waals surface area contributed by atoms with Crippen molar-refractivity contribution in [3.8, 4) is 0 Å². The molecule has 0 radical (unpaired) electrons. The van der Waals surface area contributed by atoms with Gasteiger partial charge in [0.15, 0.2) is 0 Å². The Balaban J connectivity index is 2.22. The van der Waals surface area contributed by atoms with Crippen LogP contribution < -0.4 is 0 Å². The normalized spacial score (nSPS) is 28.0. The van der Waals surface area contributed by atoms with Gasteiger partial charge in [0.1, 0.15) is 0 Å². The average molecular weight is 153 g/mol. The Morgan fingerprint density at radius 2 is 2.36 bits per heavy atom. The summed E-state index contributed by atoms with van der Waals surface area (Å²) in [4.78, 5) is 2.54. The van der Waals surface area contributed by atoms with E-state index in [2.05, 4.69) is 30.9 Å². The Bertz CT molecular complexity index is 129. The van der Waals surface area contributed by atoms with Gasteiger partial charge in [0.2, 0.25) is 0 Å². The molecule has 0 amide bonds. The van der Waals surface area contributed by atoms with E-state index in [0.717, 1.165) is 12.5 Å². The van der Waals surface area contributed by atoms with Gasteiger partial charge in [-0.1, -0.05) is 19.1 Å². The molecule has 1 rings (SSSR count). The number of hydrogen-bond acceptors (Lipinski definition) is 1. The zero-order valence-electron chi connectivity index (χ0n) is 7.71. The summed E-state index contributed by atoms with van der Waals surface area (Å²) in [5.74, 6) is 0.911. The molecule has 0 aromatic rings. The van der Waals surface area contributed by atoms with Crippen molar-refractivity contribution in [3.05, 3.63) is 12.2 Å².